The summed E-state index contributed by atoms with van der Waals surface area (Å²) in [5.74, 6) is -0.559. The van der Waals surface area contributed by atoms with Crippen LogP contribution in [0.1, 0.15) is 33.6 Å². The molecule has 9 heteroatoms. The second-order valence-corrected chi connectivity index (χ2v) is 9.12. The molecule has 1 N–H and O–H groups in total. The Balaban J connectivity index is 1.69. The van der Waals surface area contributed by atoms with E-state index in [1.54, 1.807) is 15.9 Å². The Kier molecular flexibility index (Phi) is 7.08. The SMILES string of the molecule is CC(C)(C)OC(=O)N1CCOCC(N2CCCC(Nc3cc(F)cc(Cl)c3)C2=O)C1. The number of hydrogen-bond donors (Lipinski definition) is 1. The van der Waals surface area contributed by atoms with E-state index in [0.29, 0.717) is 45.0 Å². The molecular weight excluding hydrogens is 413 g/mol. The van der Waals surface area contributed by atoms with E-state index in [4.69, 9.17) is 21.1 Å². The zero-order valence-corrected chi connectivity index (χ0v) is 18.4. The Morgan fingerprint density at radius 1 is 1.30 bits per heavy atom. The highest BCUT2D eigenvalue weighted by atomic mass is 35.5. The molecule has 1 aromatic rings. The maximum atomic E-state index is 13.6. The number of anilines is 1. The molecule has 0 radical (unpaired) electrons. The zero-order chi connectivity index (χ0) is 21.9. The Hall–Kier alpha value is -2.06. The number of halogens is 2. The second-order valence-electron chi connectivity index (χ2n) is 8.68. The van der Waals surface area contributed by atoms with Crippen molar-refractivity contribution in [3.63, 3.8) is 0 Å². The molecule has 2 aliphatic heterocycles. The van der Waals surface area contributed by atoms with Gasteiger partial charge in [-0.15, -0.1) is 0 Å². The minimum Gasteiger partial charge on any atom is -0.444 e. The average molecular weight is 442 g/mol. The van der Waals surface area contributed by atoms with E-state index in [1.807, 2.05) is 20.8 Å². The standard InChI is InChI=1S/C21H29ClFN3O4/c1-21(2,3)30-20(28)25-7-8-29-13-17(12-25)26-6-4-5-18(19(26)27)24-16-10-14(22)9-15(23)11-16/h9-11,17-18,24H,4-8,12-13H2,1-3H3. The molecule has 166 valence electrons. The number of ether oxygens (including phenoxy) is 2. The van der Waals surface area contributed by atoms with Crippen molar-refractivity contribution >= 4 is 29.3 Å². The lowest BCUT2D eigenvalue weighted by Crippen LogP contribution is -2.56. The maximum Gasteiger partial charge on any atom is 0.410 e. The molecule has 2 atom stereocenters. The van der Waals surface area contributed by atoms with Crippen molar-refractivity contribution in [1.29, 1.82) is 0 Å². The van der Waals surface area contributed by atoms with Crippen LogP contribution in [-0.2, 0) is 14.3 Å². The van der Waals surface area contributed by atoms with Crippen LogP contribution in [0, 0.1) is 5.82 Å². The van der Waals surface area contributed by atoms with E-state index >= 15 is 0 Å². The smallest absolute Gasteiger partial charge is 0.410 e. The molecule has 30 heavy (non-hydrogen) atoms. The summed E-state index contributed by atoms with van der Waals surface area (Å²) in [6.07, 6.45) is 1.01. The van der Waals surface area contributed by atoms with Gasteiger partial charge in [-0.1, -0.05) is 11.6 Å². The average Bonchev–Trinajstić information content (AvgIpc) is 2.87. The zero-order valence-electron chi connectivity index (χ0n) is 17.6. The molecule has 2 saturated heterocycles. The van der Waals surface area contributed by atoms with Crippen LogP contribution < -0.4 is 5.32 Å². The van der Waals surface area contributed by atoms with Gasteiger partial charge in [0.2, 0.25) is 5.91 Å². The fourth-order valence-electron chi connectivity index (χ4n) is 3.71. The van der Waals surface area contributed by atoms with Crippen molar-refractivity contribution in [2.45, 2.75) is 51.3 Å². The molecule has 1 aromatic carbocycles. The quantitative estimate of drug-likeness (QED) is 0.777. The van der Waals surface area contributed by atoms with Gasteiger partial charge < -0.3 is 24.6 Å². The number of carbonyl (C=O) groups excluding carboxylic acids is 2. The van der Waals surface area contributed by atoms with Crippen LogP contribution >= 0.6 is 11.6 Å². The van der Waals surface area contributed by atoms with Crippen molar-refractivity contribution in [1.82, 2.24) is 9.80 Å². The van der Waals surface area contributed by atoms with Gasteiger partial charge in [-0.05, 0) is 51.8 Å². The van der Waals surface area contributed by atoms with Crippen molar-refractivity contribution < 1.29 is 23.5 Å². The minimum atomic E-state index is -0.595. The number of nitrogens with zero attached hydrogens (tertiary/aromatic N) is 2. The number of hydrogen-bond acceptors (Lipinski definition) is 5. The summed E-state index contributed by atoms with van der Waals surface area (Å²) in [6, 6.07) is 3.37. The molecule has 0 bridgehead atoms. The molecule has 0 aliphatic carbocycles. The van der Waals surface area contributed by atoms with Crippen LogP contribution in [0.4, 0.5) is 14.9 Å². The molecule has 7 nitrogen and oxygen atoms in total. The van der Waals surface area contributed by atoms with Crippen LogP contribution in [0.3, 0.4) is 0 Å². The highest BCUT2D eigenvalue weighted by Crippen LogP contribution is 2.24. The Morgan fingerprint density at radius 3 is 2.77 bits per heavy atom. The fraction of sp³-hybridized carbons (Fsp3) is 0.619. The molecular formula is C21H29ClFN3O4. The van der Waals surface area contributed by atoms with Gasteiger partial charge in [-0.2, -0.15) is 0 Å². The van der Waals surface area contributed by atoms with E-state index in [-0.39, 0.29) is 17.0 Å². The largest absolute Gasteiger partial charge is 0.444 e. The van der Waals surface area contributed by atoms with Crippen molar-refractivity contribution in [2.24, 2.45) is 0 Å². The Bertz CT molecular complexity index is 766. The fourth-order valence-corrected chi connectivity index (χ4v) is 3.93. The van der Waals surface area contributed by atoms with Gasteiger partial charge in [0.05, 0.1) is 19.3 Å². The van der Waals surface area contributed by atoms with Crippen LogP contribution in [0.15, 0.2) is 18.2 Å². The molecule has 2 aliphatic rings. The predicted molar refractivity (Wildman–Crippen MR) is 112 cm³/mol. The highest BCUT2D eigenvalue weighted by molar-refractivity contribution is 6.30. The molecule has 2 amide bonds. The summed E-state index contributed by atoms with van der Waals surface area (Å²) >= 11 is 5.92. The molecule has 2 fully saturated rings. The van der Waals surface area contributed by atoms with Gasteiger partial charge in [0.15, 0.2) is 0 Å². The Labute approximate surface area is 181 Å². The molecule has 2 heterocycles. The molecule has 0 aromatic heterocycles. The number of rotatable bonds is 3. The van der Waals surface area contributed by atoms with Gasteiger partial charge in [0.1, 0.15) is 17.5 Å². The van der Waals surface area contributed by atoms with E-state index < -0.39 is 23.6 Å². The Morgan fingerprint density at radius 2 is 2.07 bits per heavy atom. The monoisotopic (exact) mass is 441 g/mol. The first-order chi connectivity index (χ1) is 14.1. The lowest BCUT2D eigenvalue weighted by molar-refractivity contribution is -0.138. The minimum absolute atomic E-state index is 0.0960. The van der Waals surface area contributed by atoms with E-state index in [2.05, 4.69) is 5.32 Å². The maximum absolute atomic E-state index is 13.6. The van der Waals surface area contributed by atoms with E-state index in [0.717, 1.165) is 6.42 Å². The predicted octanol–water partition coefficient (Wildman–Crippen LogP) is 3.52. The number of piperidine rings is 1. The highest BCUT2D eigenvalue weighted by Gasteiger charge is 2.36. The number of likely N-dealkylation sites (tertiary alicyclic amines) is 1. The van der Waals surface area contributed by atoms with Gasteiger partial charge in [-0.25, -0.2) is 9.18 Å². The second kappa shape index (κ2) is 9.39. The first kappa shape index (κ1) is 22.6. The van der Waals surface area contributed by atoms with Crippen LogP contribution in [0.5, 0.6) is 0 Å². The lowest BCUT2D eigenvalue weighted by atomic mass is 10.0. The summed E-state index contributed by atoms with van der Waals surface area (Å²) in [7, 11) is 0. The lowest BCUT2D eigenvalue weighted by Gasteiger charge is -2.39. The summed E-state index contributed by atoms with van der Waals surface area (Å²) in [5, 5.41) is 3.37. The van der Waals surface area contributed by atoms with Crippen LogP contribution in [-0.4, -0.2) is 72.3 Å². The summed E-state index contributed by atoms with van der Waals surface area (Å²) < 4.78 is 24.8. The number of carbonyl (C=O) groups is 2. The molecule has 0 saturated carbocycles. The van der Waals surface area contributed by atoms with Gasteiger partial charge >= 0.3 is 6.09 Å². The van der Waals surface area contributed by atoms with Crippen molar-refractivity contribution in [2.75, 3.05) is 38.2 Å². The summed E-state index contributed by atoms with van der Waals surface area (Å²) in [6.45, 7) is 7.54. The molecule has 0 spiro atoms. The summed E-state index contributed by atoms with van der Waals surface area (Å²) in [5.41, 5.74) is -0.130. The van der Waals surface area contributed by atoms with Crippen molar-refractivity contribution in [3.8, 4) is 0 Å². The first-order valence-electron chi connectivity index (χ1n) is 10.2. The number of benzene rings is 1. The normalized spacial score (nSPS) is 23.2. The third-order valence-electron chi connectivity index (χ3n) is 5.02. The number of amides is 2. The topological polar surface area (TPSA) is 71.1 Å². The van der Waals surface area contributed by atoms with Crippen molar-refractivity contribution in [3.05, 3.63) is 29.0 Å². The third kappa shape index (κ3) is 5.98. The number of nitrogens with one attached hydrogen (secondary N) is 1. The van der Waals surface area contributed by atoms with Crippen LogP contribution in [0.2, 0.25) is 5.02 Å². The molecule has 3 rings (SSSR count). The van der Waals surface area contributed by atoms with Gasteiger partial charge in [0.25, 0.3) is 0 Å². The summed E-state index contributed by atoms with van der Waals surface area (Å²) in [4.78, 5) is 29.0. The van der Waals surface area contributed by atoms with E-state index in [1.165, 1.54) is 12.1 Å². The third-order valence-corrected chi connectivity index (χ3v) is 5.23. The molecule has 2 unspecified atom stereocenters. The first-order valence-corrected chi connectivity index (χ1v) is 10.6. The van der Waals surface area contributed by atoms with Crippen LogP contribution in [0.25, 0.3) is 0 Å². The van der Waals surface area contributed by atoms with Gasteiger partial charge in [0, 0.05) is 30.3 Å². The van der Waals surface area contributed by atoms with E-state index in [9.17, 15) is 14.0 Å². The van der Waals surface area contributed by atoms with Gasteiger partial charge in [-0.3, -0.25) is 4.79 Å².